The molecule has 9 heteroatoms. The summed E-state index contributed by atoms with van der Waals surface area (Å²) in [7, 11) is -7.57. The maximum absolute atomic E-state index is 13.0. The van der Waals surface area contributed by atoms with Crippen molar-refractivity contribution in [1.82, 2.24) is 8.61 Å². The van der Waals surface area contributed by atoms with Gasteiger partial charge in [-0.25, -0.2) is 16.8 Å². The van der Waals surface area contributed by atoms with E-state index in [4.69, 9.17) is 0 Å². The van der Waals surface area contributed by atoms with Crippen LogP contribution in [0.3, 0.4) is 0 Å². The van der Waals surface area contributed by atoms with Gasteiger partial charge in [0.2, 0.25) is 20.0 Å². The largest absolute Gasteiger partial charge is 0.244 e. The van der Waals surface area contributed by atoms with Crippen LogP contribution in [-0.4, -0.2) is 51.6 Å². The van der Waals surface area contributed by atoms with Gasteiger partial charge in [0.15, 0.2) is 0 Å². The Balaban J connectivity index is 1.75. The lowest BCUT2D eigenvalue weighted by Crippen LogP contribution is -2.50. The van der Waals surface area contributed by atoms with Crippen molar-refractivity contribution in [3.8, 4) is 6.07 Å². The van der Waals surface area contributed by atoms with E-state index < -0.39 is 20.0 Å². The maximum Gasteiger partial charge on any atom is 0.244 e. The second kappa shape index (κ2) is 8.86. The summed E-state index contributed by atoms with van der Waals surface area (Å²) in [5.74, 6) is 0.354. The monoisotopic (exact) mass is 447 g/mol. The molecule has 1 saturated heterocycles. The molecule has 1 fully saturated rings. The predicted molar refractivity (Wildman–Crippen MR) is 114 cm³/mol. The summed E-state index contributed by atoms with van der Waals surface area (Å²) in [4.78, 5) is 0.158. The second-order valence-electron chi connectivity index (χ2n) is 7.29. The van der Waals surface area contributed by atoms with Crippen molar-refractivity contribution in [2.45, 2.75) is 36.0 Å². The van der Waals surface area contributed by atoms with Crippen LogP contribution >= 0.6 is 0 Å². The zero-order chi connectivity index (χ0) is 21.9. The Morgan fingerprint density at radius 2 is 1.43 bits per heavy atom. The molecule has 0 radical (unpaired) electrons. The van der Waals surface area contributed by atoms with Gasteiger partial charge in [0.25, 0.3) is 0 Å². The molecular formula is C21H25N3O4S2. The molecule has 0 aliphatic carbocycles. The Labute approximate surface area is 178 Å². The van der Waals surface area contributed by atoms with Gasteiger partial charge in [0.1, 0.15) is 6.07 Å². The van der Waals surface area contributed by atoms with E-state index in [1.54, 1.807) is 24.3 Å². The molecule has 1 atom stereocenters. The molecule has 160 valence electrons. The zero-order valence-corrected chi connectivity index (χ0v) is 18.7. The Kier molecular flexibility index (Phi) is 6.62. The predicted octanol–water partition coefficient (Wildman–Crippen LogP) is 2.77. The van der Waals surface area contributed by atoms with Crippen LogP contribution in [0.5, 0.6) is 0 Å². The third kappa shape index (κ3) is 4.27. The van der Waals surface area contributed by atoms with Crippen molar-refractivity contribution in [2.75, 3.05) is 26.2 Å². The highest BCUT2D eigenvalue weighted by Crippen LogP contribution is 2.25. The first-order valence-electron chi connectivity index (χ1n) is 9.81. The number of nitrogens with zero attached hydrogens (tertiary/aromatic N) is 3. The van der Waals surface area contributed by atoms with Crippen molar-refractivity contribution in [3.63, 3.8) is 0 Å². The normalized spacial score (nSPS) is 17.4. The summed E-state index contributed by atoms with van der Waals surface area (Å²) in [6.45, 7) is 4.36. The van der Waals surface area contributed by atoms with Crippen LogP contribution in [0.2, 0.25) is 0 Å². The lowest BCUT2D eigenvalue weighted by Gasteiger charge is -2.33. The maximum atomic E-state index is 13.0. The average Bonchev–Trinajstić information content (AvgIpc) is 2.78. The lowest BCUT2D eigenvalue weighted by molar-refractivity contribution is 0.273. The van der Waals surface area contributed by atoms with Crippen LogP contribution in [0.15, 0.2) is 58.3 Å². The Hall–Kier alpha value is -2.25. The van der Waals surface area contributed by atoms with E-state index >= 15 is 0 Å². The smallest absolute Gasteiger partial charge is 0.207 e. The van der Waals surface area contributed by atoms with Crippen molar-refractivity contribution in [2.24, 2.45) is 0 Å². The highest BCUT2D eigenvalue weighted by Gasteiger charge is 2.34. The molecule has 0 bridgehead atoms. The van der Waals surface area contributed by atoms with Gasteiger partial charge in [0, 0.05) is 26.2 Å². The summed E-state index contributed by atoms with van der Waals surface area (Å²) in [6, 6.07) is 14.8. The average molecular weight is 448 g/mol. The lowest BCUT2D eigenvalue weighted by atomic mass is 9.99. The molecule has 1 aliphatic rings. The summed E-state index contributed by atoms with van der Waals surface area (Å²) in [6.07, 6.45) is 0.970. The molecule has 7 nitrogen and oxygen atoms in total. The number of sulfonamides is 2. The van der Waals surface area contributed by atoms with E-state index in [2.05, 4.69) is 13.8 Å². The van der Waals surface area contributed by atoms with Gasteiger partial charge in [-0.1, -0.05) is 38.1 Å². The summed E-state index contributed by atoms with van der Waals surface area (Å²) in [5.41, 5.74) is 1.16. The van der Waals surface area contributed by atoms with E-state index in [0.717, 1.165) is 12.0 Å². The molecule has 0 aromatic heterocycles. The topological polar surface area (TPSA) is 98.6 Å². The molecule has 0 saturated carbocycles. The fourth-order valence-electron chi connectivity index (χ4n) is 3.43. The molecule has 30 heavy (non-hydrogen) atoms. The van der Waals surface area contributed by atoms with Gasteiger partial charge in [-0.3, -0.25) is 0 Å². The van der Waals surface area contributed by atoms with E-state index in [1.165, 1.54) is 20.7 Å². The quantitative estimate of drug-likeness (QED) is 0.678. The highest BCUT2D eigenvalue weighted by molar-refractivity contribution is 7.89. The molecule has 1 aliphatic heterocycles. The minimum absolute atomic E-state index is 0.0340. The van der Waals surface area contributed by atoms with Crippen molar-refractivity contribution >= 4 is 20.0 Å². The number of hydrogen-bond donors (Lipinski definition) is 0. The second-order valence-corrected chi connectivity index (χ2v) is 11.1. The van der Waals surface area contributed by atoms with Gasteiger partial charge in [-0.05, 0) is 42.2 Å². The van der Waals surface area contributed by atoms with E-state index in [1.807, 2.05) is 18.2 Å². The molecule has 1 unspecified atom stereocenters. The Morgan fingerprint density at radius 3 is 1.97 bits per heavy atom. The van der Waals surface area contributed by atoms with E-state index in [9.17, 15) is 22.1 Å². The van der Waals surface area contributed by atoms with Gasteiger partial charge in [-0.15, -0.1) is 0 Å². The molecule has 2 aromatic carbocycles. The SMILES string of the molecule is CCC(C)c1ccc(S(=O)(=O)N2CCN(S(=O)(=O)c3ccccc3C#N)CC2)cc1. The third-order valence-corrected chi connectivity index (χ3v) is 9.39. The Morgan fingerprint density at radius 1 is 0.900 bits per heavy atom. The number of nitriles is 1. The fraction of sp³-hybridized carbons (Fsp3) is 0.381. The van der Waals surface area contributed by atoms with Gasteiger partial charge < -0.3 is 0 Å². The number of rotatable bonds is 6. The first kappa shape index (κ1) is 22.4. The standard InChI is InChI=1S/C21H25N3O4S2/c1-3-17(2)18-8-10-20(11-9-18)29(25,26)23-12-14-24(15-13-23)30(27,28)21-7-5-4-6-19(21)16-22/h4-11,17H,3,12-15H2,1-2H3. The fourth-order valence-corrected chi connectivity index (χ4v) is 6.41. The van der Waals surface area contributed by atoms with Gasteiger partial charge >= 0.3 is 0 Å². The molecule has 0 spiro atoms. The third-order valence-electron chi connectivity index (χ3n) is 5.52. The van der Waals surface area contributed by atoms with Gasteiger partial charge in [0.05, 0.1) is 15.4 Å². The minimum atomic E-state index is -3.87. The summed E-state index contributed by atoms with van der Waals surface area (Å²) >= 11 is 0. The van der Waals surface area contributed by atoms with Crippen molar-refractivity contribution in [1.29, 1.82) is 5.26 Å². The summed E-state index contributed by atoms with van der Waals surface area (Å²) < 4.78 is 54.4. The molecule has 2 aromatic rings. The highest BCUT2D eigenvalue weighted by atomic mass is 32.2. The molecule has 1 heterocycles. The molecular weight excluding hydrogens is 422 g/mol. The minimum Gasteiger partial charge on any atom is -0.207 e. The van der Waals surface area contributed by atoms with Crippen LogP contribution < -0.4 is 0 Å². The number of piperazine rings is 1. The Bertz CT molecular complexity index is 1150. The number of benzene rings is 2. The van der Waals surface area contributed by atoms with Crippen molar-refractivity contribution in [3.05, 3.63) is 59.7 Å². The zero-order valence-electron chi connectivity index (χ0n) is 17.0. The van der Waals surface area contributed by atoms with E-state index in [-0.39, 0.29) is 41.5 Å². The van der Waals surface area contributed by atoms with Crippen LogP contribution in [0, 0.1) is 11.3 Å². The molecule has 3 rings (SSSR count). The van der Waals surface area contributed by atoms with E-state index in [0.29, 0.717) is 5.92 Å². The summed E-state index contributed by atoms with van der Waals surface area (Å²) in [5, 5.41) is 9.20. The van der Waals surface area contributed by atoms with Crippen LogP contribution in [0.4, 0.5) is 0 Å². The number of hydrogen-bond acceptors (Lipinski definition) is 5. The van der Waals surface area contributed by atoms with Gasteiger partial charge in [-0.2, -0.15) is 13.9 Å². The van der Waals surface area contributed by atoms with Crippen LogP contribution in [-0.2, 0) is 20.0 Å². The van der Waals surface area contributed by atoms with Crippen molar-refractivity contribution < 1.29 is 16.8 Å². The first-order chi connectivity index (χ1) is 14.2. The molecule has 0 amide bonds. The molecule has 0 N–H and O–H groups in total. The van der Waals surface area contributed by atoms with Crippen LogP contribution in [0.1, 0.15) is 37.3 Å². The van der Waals surface area contributed by atoms with Crippen LogP contribution in [0.25, 0.3) is 0 Å². The first-order valence-corrected chi connectivity index (χ1v) is 12.7.